The number of likely N-dealkylation sites (tertiary alicyclic amines) is 1. The minimum absolute atomic E-state index is 0.167. The number of carbonyl (C=O) groups is 1. The topological polar surface area (TPSA) is 32.8 Å². The Bertz CT molecular complexity index is 575. The molecule has 0 saturated carbocycles. The largest absolute Gasteiger partial charge is 0.495 e. The van der Waals surface area contributed by atoms with Crippen LogP contribution in [0.5, 0.6) is 5.75 Å². The van der Waals surface area contributed by atoms with Gasteiger partial charge in [0.05, 0.1) is 24.5 Å². The fraction of sp³-hybridized carbons (Fsp3) is 0.562. The van der Waals surface area contributed by atoms with Crippen molar-refractivity contribution in [1.29, 1.82) is 0 Å². The Balaban J connectivity index is 2.51. The van der Waals surface area contributed by atoms with Crippen LogP contribution >= 0.6 is 0 Å². The number of benzene rings is 1. The third-order valence-corrected chi connectivity index (χ3v) is 4.14. The molecule has 23 heavy (non-hydrogen) atoms. The highest BCUT2D eigenvalue weighted by Crippen LogP contribution is 2.39. The lowest BCUT2D eigenvalue weighted by Gasteiger charge is -2.35. The second kappa shape index (κ2) is 6.78. The second-order valence-electron chi connectivity index (χ2n) is 5.52. The van der Waals surface area contributed by atoms with E-state index in [2.05, 4.69) is 4.90 Å². The van der Waals surface area contributed by atoms with E-state index in [9.17, 15) is 18.0 Å². The highest BCUT2D eigenvalue weighted by atomic mass is 19.4. The molecule has 1 fully saturated rings. The lowest BCUT2D eigenvalue weighted by Crippen LogP contribution is -2.47. The first-order valence-corrected chi connectivity index (χ1v) is 7.58. The van der Waals surface area contributed by atoms with Crippen LogP contribution in [0.1, 0.15) is 32.3 Å². The third-order valence-electron chi connectivity index (χ3n) is 4.14. The predicted molar refractivity (Wildman–Crippen MR) is 81.4 cm³/mol. The summed E-state index contributed by atoms with van der Waals surface area (Å²) in [4.78, 5) is 15.7. The van der Waals surface area contributed by atoms with Gasteiger partial charge in [0.1, 0.15) is 5.75 Å². The molecule has 0 N–H and O–H groups in total. The molecule has 1 aliphatic rings. The molecular formula is C16H21F3N2O2. The maximum Gasteiger partial charge on any atom is 0.416 e. The zero-order valence-electron chi connectivity index (χ0n) is 13.5. The molecule has 7 heteroatoms. The van der Waals surface area contributed by atoms with Gasteiger partial charge in [0.15, 0.2) is 0 Å². The highest BCUT2D eigenvalue weighted by molar-refractivity contribution is 5.94. The SMILES string of the molecule is CCN1CCCC1N(C(C)=O)c1cc(C(F)(F)F)ccc1OC. The van der Waals surface area contributed by atoms with Crippen LogP contribution in [-0.2, 0) is 11.0 Å². The molecule has 1 amide bonds. The third kappa shape index (κ3) is 3.60. The first-order valence-electron chi connectivity index (χ1n) is 7.58. The Morgan fingerprint density at radius 2 is 2.13 bits per heavy atom. The molecule has 1 heterocycles. The molecule has 4 nitrogen and oxygen atoms in total. The average molecular weight is 330 g/mol. The Hall–Kier alpha value is -1.76. The lowest BCUT2D eigenvalue weighted by atomic mass is 10.1. The van der Waals surface area contributed by atoms with Crippen molar-refractivity contribution in [3.05, 3.63) is 23.8 Å². The quantitative estimate of drug-likeness (QED) is 0.847. The zero-order valence-corrected chi connectivity index (χ0v) is 13.5. The van der Waals surface area contributed by atoms with E-state index >= 15 is 0 Å². The Labute approximate surface area is 133 Å². The fourth-order valence-corrected chi connectivity index (χ4v) is 3.06. The monoisotopic (exact) mass is 330 g/mol. The van der Waals surface area contributed by atoms with Gasteiger partial charge >= 0.3 is 6.18 Å². The van der Waals surface area contributed by atoms with Crippen molar-refractivity contribution in [1.82, 2.24) is 4.90 Å². The van der Waals surface area contributed by atoms with E-state index in [-0.39, 0.29) is 23.5 Å². The van der Waals surface area contributed by atoms with Crippen molar-refractivity contribution in [2.24, 2.45) is 0 Å². The maximum atomic E-state index is 13.0. The number of amides is 1. The average Bonchev–Trinajstić information content (AvgIpc) is 2.94. The van der Waals surface area contributed by atoms with Crippen molar-refractivity contribution in [2.45, 2.75) is 39.0 Å². The summed E-state index contributed by atoms with van der Waals surface area (Å²) in [5, 5.41) is 0. The van der Waals surface area contributed by atoms with Gasteiger partial charge in [0.2, 0.25) is 5.91 Å². The highest BCUT2D eigenvalue weighted by Gasteiger charge is 2.36. The van der Waals surface area contributed by atoms with Gasteiger partial charge < -0.3 is 4.74 Å². The number of carbonyl (C=O) groups excluding carboxylic acids is 1. The number of alkyl halides is 3. The number of anilines is 1. The lowest BCUT2D eigenvalue weighted by molar-refractivity contribution is -0.137. The Morgan fingerprint density at radius 3 is 2.65 bits per heavy atom. The van der Waals surface area contributed by atoms with Crippen LogP contribution in [0.2, 0.25) is 0 Å². The van der Waals surface area contributed by atoms with Crippen LogP contribution in [0.25, 0.3) is 0 Å². The first-order chi connectivity index (χ1) is 10.8. The van der Waals surface area contributed by atoms with Gasteiger partial charge in [-0.2, -0.15) is 13.2 Å². The molecule has 0 radical (unpaired) electrons. The number of methoxy groups -OCH3 is 1. The van der Waals surface area contributed by atoms with Crippen LogP contribution in [-0.4, -0.2) is 37.2 Å². The first kappa shape index (κ1) is 17.6. The number of rotatable bonds is 4. The summed E-state index contributed by atoms with van der Waals surface area (Å²) in [6.45, 7) is 4.90. The van der Waals surface area contributed by atoms with E-state index < -0.39 is 11.7 Å². The normalized spacial score (nSPS) is 19.0. The molecule has 1 aromatic rings. The smallest absolute Gasteiger partial charge is 0.416 e. The van der Waals surface area contributed by atoms with Gasteiger partial charge in [-0.05, 0) is 37.6 Å². The minimum atomic E-state index is -4.47. The molecule has 1 unspecified atom stereocenters. The van der Waals surface area contributed by atoms with Crippen molar-refractivity contribution in [2.75, 3.05) is 25.1 Å². The molecule has 1 atom stereocenters. The van der Waals surface area contributed by atoms with Crippen LogP contribution in [0.3, 0.4) is 0 Å². The molecule has 0 aliphatic carbocycles. The standard InChI is InChI=1S/C16H21F3N2O2/c1-4-20-9-5-6-15(20)21(11(2)22)13-10-12(16(17,18)19)7-8-14(13)23-3/h7-8,10,15H,4-6,9H2,1-3H3. The van der Waals surface area contributed by atoms with Gasteiger partial charge in [-0.25, -0.2) is 0 Å². The molecule has 1 aromatic carbocycles. The number of hydrogen-bond acceptors (Lipinski definition) is 3. The van der Waals surface area contributed by atoms with Gasteiger partial charge in [-0.15, -0.1) is 0 Å². The van der Waals surface area contributed by atoms with Gasteiger partial charge in [0.25, 0.3) is 0 Å². The molecule has 1 saturated heterocycles. The van der Waals surface area contributed by atoms with Crippen LogP contribution in [0.4, 0.5) is 18.9 Å². The zero-order chi connectivity index (χ0) is 17.2. The molecular weight excluding hydrogens is 309 g/mol. The van der Waals surface area contributed by atoms with Crippen molar-refractivity contribution in [3.8, 4) is 5.75 Å². The Kier molecular flexibility index (Phi) is 5.19. The van der Waals surface area contributed by atoms with E-state index in [1.807, 2.05) is 6.92 Å². The fourth-order valence-electron chi connectivity index (χ4n) is 3.06. The summed E-state index contributed by atoms with van der Waals surface area (Å²) in [6, 6.07) is 3.22. The van der Waals surface area contributed by atoms with Crippen molar-refractivity contribution >= 4 is 11.6 Å². The summed E-state index contributed by atoms with van der Waals surface area (Å²) in [6.07, 6.45) is -3.07. The molecule has 1 aliphatic heterocycles. The van der Waals surface area contributed by atoms with Crippen LogP contribution in [0, 0.1) is 0 Å². The van der Waals surface area contributed by atoms with Crippen molar-refractivity contribution in [3.63, 3.8) is 0 Å². The van der Waals surface area contributed by atoms with Gasteiger partial charge in [0, 0.05) is 13.5 Å². The van der Waals surface area contributed by atoms with E-state index in [4.69, 9.17) is 4.74 Å². The van der Waals surface area contributed by atoms with Crippen LogP contribution in [0.15, 0.2) is 18.2 Å². The van der Waals surface area contributed by atoms with E-state index in [1.165, 1.54) is 25.0 Å². The summed E-state index contributed by atoms with van der Waals surface area (Å²) in [5.74, 6) is -0.0378. The second-order valence-corrected chi connectivity index (χ2v) is 5.52. The van der Waals surface area contributed by atoms with E-state index in [1.54, 1.807) is 0 Å². The molecule has 0 bridgehead atoms. The maximum absolute atomic E-state index is 13.0. The number of hydrogen-bond donors (Lipinski definition) is 0. The van der Waals surface area contributed by atoms with Gasteiger partial charge in [-0.1, -0.05) is 6.92 Å². The number of nitrogens with zero attached hydrogens (tertiary/aromatic N) is 2. The molecule has 0 spiro atoms. The summed E-state index contributed by atoms with van der Waals surface area (Å²) in [5.41, 5.74) is -0.624. The number of ether oxygens (including phenoxy) is 1. The van der Waals surface area contributed by atoms with Gasteiger partial charge in [-0.3, -0.25) is 14.6 Å². The summed E-state index contributed by atoms with van der Waals surface area (Å²) >= 11 is 0. The molecule has 128 valence electrons. The summed E-state index contributed by atoms with van der Waals surface area (Å²) in [7, 11) is 1.39. The number of halogens is 3. The minimum Gasteiger partial charge on any atom is -0.495 e. The van der Waals surface area contributed by atoms with Crippen LogP contribution < -0.4 is 9.64 Å². The summed E-state index contributed by atoms with van der Waals surface area (Å²) < 4.78 is 44.3. The molecule has 2 rings (SSSR count). The van der Waals surface area contributed by atoms with Crippen molar-refractivity contribution < 1.29 is 22.7 Å². The van der Waals surface area contributed by atoms with E-state index in [0.717, 1.165) is 38.1 Å². The Morgan fingerprint density at radius 1 is 1.43 bits per heavy atom. The predicted octanol–water partition coefficient (Wildman–Crippen LogP) is 3.51. The molecule has 0 aromatic heterocycles. The van der Waals surface area contributed by atoms with E-state index in [0.29, 0.717) is 0 Å².